The zero-order valence-corrected chi connectivity index (χ0v) is 3.72. The summed E-state index contributed by atoms with van der Waals surface area (Å²) in [7, 11) is 0. The Labute approximate surface area is 41.4 Å². The summed E-state index contributed by atoms with van der Waals surface area (Å²) in [6.45, 7) is 0. The standard InChI is InChI=1S/C4H5N2O/c7-4-2-1-3-5-6-4/h1,3H,2H2,(H,6,7). The molecule has 3 heteroatoms. The van der Waals surface area contributed by atoms with E-state index in [1.165, 1.54) is 0 Å². The van der Waals surface area contributed by atoms with Crippen molar-refractivity contribution in [3.63, 3.8) is 0 Å². The van der Waals surface area contributed by atoms with Crippen molar-refractivity contribution in [2.75, 3.05) is 0 Å². The molecule has 1 amide bonds. The molecular formula is C4H5N2O. The highest BCUT2D eigenvalue weighted by atomic mass is 16.2. The van der Waals surface area contributed by atoms with Gasteiger partial charge in [0.05, 0.1) is 0 Å². The Morgan fingerprint density at radius 3 is 3.00 bits per heavy atom. The number of carbonyl (C=O) groups is 1. The normalized spacial score (nSPS) is 18.0. The minimum absolute atomic E-state index is 0.0394. The zero-order chi connectivity index (χ0) is 5.11. The fourth-order valence-corrected chi connectivity index (χ4v) is 0.367. The van der Waals surface area contributed by atoms with Gasteiger partial charge in [-0.05, 0) is 0 Å². The first-order chi connectivity index (χ1) is 3.39. The molecule has 7 heavy (non-hydrogen) atoms. The number of nitrogens with zero attached hydrogens (tertiary/aromatic N) is 1. The molecule has 1 heterocycles. The molecule has 0 atom stereocenters. The van der Waals surface area contributed by atoms with E-state index < -0.39 is 0 Å². The maximum Gasteiger partial charge on any atom is 0.243 e. The summed E-state index contributed by atoms with van der Waals surface area (Å²) in [5, 5.41) is 0. The molecule has 0 spiro atoms. The lowest BCUT2D eigenvalue weighted by atomic mass is 10.4. The third-order valence-electron chi connectivity index (χ3n) is 0.672. The van der Waals surface area contributed by atoms with Crippen molar-refractivity contribution in [1.29, 1.82) is 0 Å². The molecular weight excluding hydrogens is 92.1 g/mol. The summed E-state index contributed by atoms with van der Waals surface area (Å²) in [5.41, 5.74) is 5.76. The van der Waals surface area contributed by atoms with Gasteiger partial charge >= 0.3 is 0 Å². The van der Waals surface area contributed by atoms with Crippen LogP contribution < -0.4 is 10.9 Å². The van der Waals surface area contributed by atoms with Crippen molar-refractivity contribution in [3.8, 4) is 0 Å². The summed E-state index contributed by atoms with van der Waals surface area (Å²) in [5.74, 6) is -0.0394. The van der Waals surface area contributed by atoms with Crippen LogP contribution in [0.25, 0.3) is 0 Å². The predicted octanol–water partition coefficient (Wildman–Crippen LogP) is -0.461. The fraction of sp³-hybridized carbons (Fsp3) is 0.250. The number of amides is 1. The SMILES string of the molecule is O=C1CC=C[N]N1. The van der Waals surface area contributed by atoms with Gasteiger partial charge in [0, 0.05) is 12.6 Å². The molecule has 0 saturated carbocycles. The van der Waals surface area contributed by atoms with Crippen molar-refractivity contribution in [2.24, 2.45) is 0 Å². The Bertz CT molecular complexity index is 108. The molecule has 1 aliphatic heterocycles. The van der Waals surface area contributed by atoms with E-state index in [9.17, 15) is 4.79 Å². The lowest BCUT2D eigenvalue weighted by Crippen LogP contribution is -2.30. The highest BCUT2D eigenvalue weighted by molar-refractivity contribution is 5.77. The summed E-state index contributed by atoms with van der Waals surface area (Å²) in [6.07, 6.45) is 3.74. The van der Waals surface area contributed by atoms with Gasteiger partial charge in [-0.2, -0.15) is 5.43 Å². The molecule has 0 unspecified atom stereocenters. The van der Waals surface area contributed by atoms with Gasteiger partial charge in [0.2, 0.25) is 5.91 Å². The Kier molecular flexibility index (Phi) is 0.978. The van der Waals surface area contributed by atoms with Crippen molar-refractivity contribution in [3.05, 3.63) is 12.3 Å². The number of nitrogens with one attached hydrogen (secondary N) is 1. The summed E-state index contributed by atoms with van der Waals surface area (Å²) < 4.78 is 0. The third kappa shape index (κ3) is 0.924. The van der Waals surface area contributed by atoms with Crippen molar-refractivity contribution in [1.82, 2.24) is 10.9 Å². The second kappa shape index (κ2) is 1.64. The van der Waals surface area contributed by atoms with Crippen LogP contribution in [0.3, 0.4) is 0 Å². The highest BCUT2D eigenvalue weighted by Gasteiger charge is 1.98. The van der Waals surface area contributed by atoms with Crippen LogP contribution in [-0.4, -0.2) is 5.91 Å². The van der Waals surface area contributed by atoms with Crippen LogP contribution in [0.2, 0.25) is 0 Å². The van der Waals surface area contributed by atoms with Gasteiger partial charge in [0.15, 0.2) is 0 Å². The number of hydrogen-bond donors (Lipinski definition) is 1. The Balaban J connectivity index is 2.47. The molecule has 0 aromatic carbocycles. The van der Waals surface area contributed by atoms with Crippen molar-refractivity contribution < 1.29 is 4.79 Å². The number of rotatable bonds is 0. The van der Waals surface area contributed by atoms with Gasteiger partial charge in [-0.15, -0.1) is 0 Å². The first-order valence-corrected chi connectivity index (χ1v) is 2.03. The van der Waals surface area contributed by atoms with Crippen molar-refractivity contribution >= 4 is 5.91 Å². The van der Waals surface area contributed by atoms with Crippen molar-refractivity contribution in [2.45, 2.75) is 6.42 Å². The summed E-state index contributed by atoms with van der Waals surface area (Å²) >= 11 is 0. The van der Waals surface area contributed by atoms with E-state index in [0.717, 1.165) is 0 Å². The van der Waals surface area contributed by atoms with Crippen LogP contribution in [0.5, 0.6) is 0 Å². The summed E-state index contributed by atoms with van der Waals surface area (Å²) in [4.78, 5) is 10.2. The van der Waals surface area contributed by atoms with Gasteiger partial charge in [0.1, 0.15) is 0 Å². The molecule has 0 fully saturated rings. The minimum Gasteiger partial charge on any atom is -0.273 e. The monoisotopic (exact) mass is 97.0 g/mol. The van der Waals surface area contributed by atoms with Crippen LogP contribution >= 0.6 is 0 Å². The zero-order valence-electron chi connectivity index (χ0n) is 3.72. The molecule has 1 aliphatic rings. The van der Waals surface area contributed by atoms with Crippen LogP contribution in [0.1, 0.15) is 6.42 Å². The maximum absolute atomic E-state index is 10.2. The Morgan fingerprint density at radius 2 is 2.71 bits per heavy atom. The molecule has 37 valence electrons. The highest BCUT2D eigenvalue weighted by Crippen LogP contribution is 1.84. The Hall–Kier alpha value is -0.990. The largest absolute Gasteiger partial charge is 0.273 e. The number of carbonyl (C=O) groups excluding carboxylic acids is 1. The van der Waals surface area contributed by atoms with Gasteiger partial charge in [0.25, 0.3) is 0 Å². The number of hydrogen-bond acceptors (Lipinski definition) is 1. The van der Waals surface area contributed by atoms with E-state index in [1.807, 2.05) is 0 Å². The van der Waals surface area contributed by atoms with Gasteiger partial charge in [-0.1, -0.05) is 6.08 Å². The molecule has 1 rings (SSSR count). The molecule has 0 bridgehead atoms. The molecule has 0 aliphatic carbocycles. The maximum atomic E-state index is 10.2. The van der Waals surface area contributed by atoms with E-state index in [1.54, 1.807) is 12.3 Å². The second-order valence-electron chi connectivity index (χ2n) is 1.25. The average Bonchev–Trinajstić information content (AvgIpc) is 1.69. The first kappa shape index (κ1) is 4.18. The predicted molar refractivity (Wildman–Crippen MR) is 24.0 cm³/mol. The lowest BCUT2D eigenvalue weighted by molar-refractivity contribution is -0.121. The van der Waals surface area contributed by atoms with E-state index in [0.29, 0.717) is 6.42 Å². The van der Waals surface area contributed by atoms with Gasteiger partial charge in [-0.25, -0.2) is 5.43 Å². The van der Waals surface area contributed by atoms with Crippen LogP contribution in [0.4, 0.5) is 0 Å². The molecule has 0 saturated heterocycles. The second-order valence-corrected chi connectivity index (χ2v) is 1.25. The van der Waals surface area contributed by atoms with E-state index in [-0.39, 0.29) is 5.91 Å². The summed E-state index contributed by atoms with van der Waals surface area (Å²) in [6, 6.07) is 0. The molecule has 3 nitrogen and oxygen atoms in total. The minimum atomic E-state index is -0.0394. The molecule has 1 radical (unpaired) electrons. The van der Waals surface area contributed by atoms with Gasteiger partial charge < -0.3 is 0 Å². The Morgan fingerprint density at radius 1 is 1.86 bits per heavy atom. The van der Waals surface area contributed by atoms with Crippen LogP contribution in [0, 0.1) is 0 Å². The topological polar surface area (TPSA) is 43.2 Å². The average molecular weight is 97.1 g/mol. The lowest BCUT2D eigenvalue weighted by Gasteiger charge is -2.01. The first-order valence-electron chi connectivity index (χ1n) is 2.03. The third-order valence-corrected chi connectivity index (χ3v) is 0.672. The van der Waals surface area contributed by atoms with E-state index >= 15 is 0 Å². The molecule has 1 N–H and O–H groups in total. The molecule has 0 aromatic heterocycles. The van der Waals surface area contributed by atoms with Crippen LogP contribution in [0.15, 0.2) is 12.3 Å². The van der Waals surface area contributed by atoms with Gasteiger partial charge in [-0.3, -0.25) is 4.79 Å². The van der Waals surface area contributed by atoms with E-state index in [2.05, 4.69) is 10.9 Å². The fourth-order valence-electron chi connectivity index (χ4n) is 0.367. The van der Waals surface area contributed by atoms with E-state index in [4.69, 9.17) is 0 Å². The smallest absolute Gasteiger partial charge is 0.243 e. The van der Waals surface area contributed by atoms with Crippen LogP contribution in [-0.2, 0) is 4.79 Å². The molecule has 0 aromatic rings. The quantitative estimate of drug-likeness (QED) is 0.436.